The first kappa shape index (κ1) is 20.3. The van der Waals surface area contributed by atoms with Crippen LogP contribution in [0.4, 0.5) is 4.39 Å². The molecule has 0 aromatic heterocycles. The fraction of sp³-hybridized carbons (Fsp3) is 0.261. The minimum absolute atomic E-state index is 0.213. The molecule has 2 atom stereocenters. The van der Waals surface area contributed by atoms with E-state index < -0.39 is 35.4 Å². The smallest absolute Gasteiger partial charge is 0.272 e. The molecule has 1 aliphatic carbocycles. The van der Waals surface area contributed by atoms with Crippen molar-refractivity contribution in [3.05, 3.63) is 82.1 Å². The molecular formula is C23H20ClFN2O3. The van der Waals surface area contributed by atoms with Gasteiger partial charge in [0.2, 0.25) is 0 Å². The molecule has 2 aliphatic rings. The Kier molecular flexibility index (Phi) is 5.43. The minimum Gasteiger partial charge on any atom is -0.272 e. The average Bonchev–Trinajstić information content (AvgIpc) is 2.97. The molecule has 0 spiro atoms. The van der Waals surface area contributed by atoms with Crippen molar-refractivity contribution in [3.63, 3.8) is 0 Å². The number of allylic oxidation sites excluding steroid dienone is 2. The first-order chi connectivity index (χ1) is 14.4. The van der Waals surface area contributed by atoms with E-state index in [2.05, 4.69) is 0 Å². The van der Waals surface area contributed by atoms with Crippen molar-refractivity contribution in [2.45, 2.75) is 26.3 Å². The second-order valence-electron chi connectivity index (χ2n) is 7.65. The van der Waals surface area contributed by atoms with Gasteiger partial charge >= 0.3 is 0 Å². The highest BCUT2D eigenvalue weighted by Crippen LogP contribution is 2.39. The summed E-state index contributed by atoms with van der Waals surface area (Å²) < 4.78 is 14.3. The van der Waals surface area contributed by atoms with Gasteiger partial charge in [0, 0.05) is 16.1 Å². The third kappa shape index (κ3) is 3.63. The van der Waals surface area contributed by atoms with Crippen LogP contribution in [0.3, 0.4) is 0 Å². The lowest BCUT2D eigenvalue weighted by Crippen LogP contribution is -2.50. The molecule has 2 aromatic rings. The van der Waals surface area contributed by atoms with E-state index in [9.17, 15) is 18.8 Å². The molecular weight excluding hydrogens is 407 g/mol. The van der Waals surface area contributed by atoms with Crippen LogP contribution >= 0.6 is 11.6 Å². The normalized spacial score (nSPS) is 20.8. The van der Waals surface area contributed by atoms with Crippen molar-refractivity contribution >= 4 is 29.3 Å². The van der Waals surface area contributed by atoms with E-state index in [-0.39, 0.29) is 17.7 Å². The van der Waals surface area contributed by atoms with Crippen LogP contribution in [-0.4, -0.2) is 27.7 Å². The van der Waals surface area contributed by atoms with E-state index in [1.54, 1.807) is 24.3 Å². The fourth-order valence-electron chi connectivity index (χ4n) is 4.02. The molecule has 0 unspecified atom stereocenters. The summed E-state index contributed by atoms with van der Waals surface area (Å²) in [5, 5.41) is 2.43. The summed E-state index contributed by atoms with van der Waals surface area (Å²) in [5.41, 5.74) is 1.51. The van der Waals surface area contributed by atoms with Gasteiger partial charge in [0.25, 0.3) is 17.7 Å². The molecule has 154 valence electrons. The molecule has 7 heteroatoms. The predicted molar refractivity (Wildman–Crippen MR) is 110 cm³/mol. The standard InChI is InChI=1S/C23H20ClFN2O3/c1-14-6-11-18-19(12-14)23(30)27(22(18)29)26(13-16-4-2-3-5-20(16)25)21(28)15-7-9-17(24)10-8-15/h2-10,18-19H,11-13H2,1H3/t18-,19+/m0/s1. The third-order valence-electron chi connectivity index (χ3n) is 5.64. The number of nitrogens with zero attached hydrogens (tertiary/aromatic N) is 2. The van der Waals surface area contributed by atoms with E-state index in [0.29, 0.717) is 17.9 Å². The van der Waals surface area contributed by atoms with Gasteiger partial charge in [0.05, 0.1) is 18.4 Å². The van der Waals surface area contributed by atoms with Crippen LogP contribution in [0, 0.1) is 17.7 Å². The first-order valence-electron chi connectivity index (χ1n) is 9.71. The Morgan fingerprint density at radius 3 is 2.47 bits per heavy atom. The molecule has 0 N–H and O–H groups in total. The van der Waals surface area contributed by atoms with E-state index in [1.165, 1.54) is 24.3 Å². The number of fused-ring (bicyclic) bond motifs is 1. The zero-order valence-corrected chi connectivity index (χ0v) is 17.1. The molecule has 1 heterocycles. The number of rotatable bonds is 4. The summed E-state index contributed by atoms with van der Waals surface area (Å²) in [5.74, 6) is -2.92. The molecule has 4 rings (SSSR count). The average molecular weight is 427 g/mol. The topological polar surface area (TPSA) is 57.7 Å². The molecule has 5 nitrogen and oxygen atoms in total. The fourth-order valence-corrected chi connectivity index (χ4v) is 4.15. The molecule has 0 saturated carbocycles. The Balaban J connectivity index is 1.72. The number of hydrazine groups is 1. The van der Waals surface area contributed by atoms with Gasteiger partial charge in [-0.25, -0.2) is 9.40 Å². The van der Waals surface area contributed by atoms with Crippen molar-refractivity contribution in [1.82, 2.24) is 10.0 Å². The minimum atomic E-state index is -0.569. The van der Waals surface area contributed by atoms with Crippen molar-refractivity contribution in [3.8, 4) is 0 Å². The summed E-state index contributed by atoms with van der Waals surface area (Å²) in [6, 6.07) is 12.1. The zero-order chi connectivity index (χ0) is 21.4. The SMILES string of the molecule is CC1=CC[C@@H]2C(=O)N(N(Cc3ccccc3F)C(=O)c3ccc(Cl)cc3)C(=O)[C@@H]2C1. The summed E-state index contributed by atoms with van der Waals surface area (Å²) in [4.78, 5) is 39.6. The van der Waals surface area contributed by atoms with Crippen LogP contribution in [-0.2, 0) is 16.1 Å². The number of hydrogen-bond donors (Lipinski definition) is 0. The van der Waals surface area contributed by atoms with Crippen LogP contribution in [0.1, 0.15) is 35.7 Å². The predicted octanol–water partition coefficient (Wildman–Crippen LogP) is 4.38. The van der Waals surface area contributed by atoms with Crippen LogP contribution in [0.2, 0.25) is 5.02 Å². The van der Waals surface area contributed by atoms with Crippen molar-refractivity contribution in [2.24, 2.45) is 11.8 Å². The molecule has 1 fully saturated rings. The van der Waals surface area contributed by atoms with Crippen molar-refractivity contribution < 1.29 is 18.8 Å². The van der Waals surface area contributed by atoms with Crippen LogP contribution in [0.15, 0.2) is 60.2 Å². The molecule has 1 saturated heterocycles. The van der Waals surface area contributed by atoms with Crippen molar-refractivity contribution in [2.75, 3.05) is 0 Å². The lowest BCUT2D eigenvalue weighted by molar-refractivity contribution is -0.155. The largest absolute Gasteiger partial charge is 0.273 e. The summed E-state index contributed by atoms with van der Waals surface area (Å²) >= 11 is 5.92. The summed E-state index contributed by atoms with van der Waals surface area (Å²) in [6.07, 6.45) is 2.90. The number of imide groups is 1. The third-order valence-corrected chi connectivity index (χ3v) is 5.90. The molecule has 1 aliphatic heterocycles. The maximum Gasteiger partial charge on any atom is 0.273 e. The number of amides is 3. The van der Waals surface area contributed by atoms with Gasteiger partial charge in [-0.3, -0.25) is 14.4 Å². The Hall–Kier alpha value is -2.99. The zero-order valence-electron chi connectivity index (χ0n) is 16.3. The molecule has 2 aromatic carbocycles. The van der Waals surface area contributed by atoms with E-state index >= 15 is 0 Å². The van der Waals surface area contributed by atoms with Gasteiger partial charge in [-0.05, 0) is 50.1 Å². The monoisotopic (exact) mass is 426 g/mol. The van der Waals surface area contributed by atoms with Gasteiger partial charge in [-0.1, -0.05) is 41.4 Å². The highest BCUT2D eigenvalue weighted by Gasteiger charge is 2.51. The van der Waals surface area contributed by atoms with Gasteiger partial charge in [0.15, 0.2) is 0 Å². The molecule has 30 heavy (non-hydrogen) atoms. The Morgan fingerprint density at radius 2 is 1.77 bits per heavy atom. The molecule has 3 amide bonds. The Bertz CT molecular complexity index is 1050. The van der Waals surface area contributed by atoms with E-state index in [4.69, 9.17) is 11.6 Å². The number of hydrogen-bond acceptors (Lipinski definition) is 3. The highest BCUT2D eigenvalue weighted by atomic mass is 35.5. The lowest BCUT2D eigenvalue weighted by atomic mass is 9.82. The maximum absolute atomic E-state index is 14.3. The Labute approximate surface area is 178 Å². The molecule has 0 radical (unpaired) electrons. The second-order valence-corrected chi connectivity index (χ2v) is 8.09. The van der Waals surface area contributed by atoms with Crippen LogP contribution in [0.5, 0.6) is 0 Å². The number of carbonyl (C=O) groups is 3. The van der Waals surface area contributed by atoms with E-state index in [1.807, 2.05) is 13.0 Å². The summed E-state index contributed by atoms with van der Waals surface area (Å²) in [6.45, 7) is 1.68. The maximum atomic E-state index is 14.3. The lowest BCUT2D eigenvalue weighted by Gasteiger charge is -2.30. The van der Waals surface area contributed by atoms with Crippen LogP contribution < -0.4 is 0 Å². The summed E-state index contributed by atoms with van der Waals surface area (Å²) in [7, 11) is 0. The highest BCUT2D eigenvalue weighted by molar-refractivity contribution is 6.30. The van der Waals surface area contributed by atoms with Gasteiger partial charge in [0.1, 0.15) is 5.82 Å². The van der Waals surface area contributed by atoms with Gasteiger partial charge in [-0.15, -0.1) is 0 Å². The number of carbonyl (C=O) groups excluding carboxylic acids is 3. The Morgan fingerprint density at radius 1 is 1.10 bits per heavy atom. The van der Waals surface area contributed by atoms with Crippen LogP contribution in [0.25, 0.3) is 0 Å². The van der Waals surface area contributed by atoms with Gasteiger partial charge < -0.3 is 0 Å². The molecule has 0 bridgehead atoms. The second kappa shape index (κ2) is 8.03. The number of halogens is 2. The quantitative estimate of drug-likeness (QED) is 0.538. The van der Waals surface area contributed by atoms with E-state index in [0.717, 1.165) is 15.6 Å². The number of benzene rings is 2. The van der Waals surface area contributed by atoms with Crippen molar-refractivity contribution in [1.29, 1.82) is 0 Å². The van der Waals surface area contributed by atoms with Gasteiger partial charge in [-0.2, -0.15) is 5.01 Å². The first-order valence-corrected chi connectivity index (χ1v) is 10.1.